The minimum Gasteiger partial charge on any atom is -0.458 e. The number of ether oxygens (including phenoxy) is 1. The second kappa shape index (κ2) is 5.09. The lowest BCUT2D eigenvalue weighted by molar-refractivity contribution is -0.158. The standard InChI is InChI=1S/C13H18N4O3/c1-13(2,3)20-12(19)11-10(18)5-6-17(15-11)9-7-14-16(4)8-9/h5-8,11,15H,1-4H3/i5D,11D/hD. The zero-order chi connectivity index (χ0) is 17.6. The van der Waals surface area contributed by atoms with Gasteiger partial charge in [-0.05, 0) is 20.8 Å². The molecule has 20 heavy (non-hydrogen) atoms. The summed E-state index contributed by atoms with van der Waals surface area (Å²) in [6.07, 6.45) is 3.97. The smallest absolute Gasteiger partial charge is 0.333 e. The molecule has 7 heteroatoms. The number of carbonyl (C=O) groups excluding carboxylic acids is 2. The number of nitrogens with one attached hydrogen (secondary N) is 1. The van der Waals surface area contributed by atoms with Gasteiger partial charge >= 0.3 is 5.97 Å². The van der Waals surface area contributed by atoms with Gasteiger partial charge in [-0.25, -0.2) is 10.2 Å². The van der Waals surface area contributed by atoms with Crippen LogP contribution in [-0.2, 0) is 21.4 Å². The molecule has 1 aliphatic rings. The molecule has 1 aliphatic heterocycles. The van der Waals surface area contributed by atoms with Gasteiger partial charge in [0.1, 0.15) is 7.01 Å². The van der Waals surface area contributed by atoms with Gasteiger partial charge in [0.25, 0.3) is 0 Å². The number of aryl methyl sites for hydroxylation is 1. The molecule has 0 saturated carbocycles. The normalized spacial score (nSPS) is 26.6. The van der Waals surface area contributed by atoms with Crippen LogP contribution in [0.3, 0.4) is 0 Å². The minimum absolute atomic E-state index is 0.333. The molecule has 0 spiro atoms. The third kappa shape index (κ3) is 3.24. The van der Waals surface area contributed by atoms with Gasteiger partial charge < -0.3 is 4.74 Å². The second-order valence-corrected chi connectivity index (χ2v) is 5.27. The average molecular weight is 281 g/mol. The first-order valence-corrected chi connectivity index (χ1v) is 6.00. The number of aromatic nitrogens is 2. The minimum atomic E-state index is -2.70. The Bertz CT molecular complexity index is 682. The van der Waals surface area contributed by atoms with Gasteiger partial charge in [-0.2, -0.15) is 5.10 Å². The lowest BCUT2D eigenvalue weighted by atomic mass is 10.1. The van der Waals surface area contributed by atoms with E-state index in [-0.39, 0.29) is 0 Å². The van der Waals surface area contributed by atoms with E-state index in [0.717, 1.165) is 11.2 Å². The molecular formula is C13H18N4O3. The van der Waals surface area contributed by atoms with Crippen LogP contribution in [-0.4, -0.2) is 33.2 Å². The Morgan fingerprint density at radius 3 is 2.90 bits per heavy atom. The first kappa shape index (κ1) is 10.6. The van der Waals surface area contributed by atoms with Crippen LogP contribution >= 0.6 is 0 Å². The quantitative estimate of drug-likeness (QED) is 0.630. The van der Waals surface area contributed by atoms with Gasteiger partial charge in [-0.15, -0.1) is 0 Å². The fourth-order valence-corrected chi connectivity index (χ4v) is 1.49. The van der Waals surface area contributed by atoms with Gasteiger partial charge in [0, 0.05) is 25.5 Å². The number of esters is 1. The highest BCUT2D eigenvalue weighted by Crippen LogP contribution is 2.16. The Labute approximate surface area is 121 Å². The molecule has 1 unspecified atom stereocenters. The van der Waals surface area contributed by atoms with E-state index in [1.807, 2.05) is 0 Å². The number of hydrazine groups is 1. The number of hydrogen-bond donors (Lipinski definition) is 1. The van der Waals surface area contributed by atoms with Gasteiger partial charge in [0.05, 0.1) is 14.6 Å². The molecule has 2 heterocycles. The van der Waals surface area contributed by atoms with E-state index in [9.17, 15) is 9.59 Å². The Hall–Kier alpha value is -2.15. The van der Waals surface area contributed by atoms with E-state index >= 15 is 0 Å². The first-order chi connectivity index (χ1) is 10.5. The molecule has 0 bridgehead atoms. The lowest BCUT2D eigenvalue weighted by Gasteiger charge is -2.29. The van der Waals surface area contributed by atoms with Crippen molar-refractivity contribution in [2.75, 3.05) is 5.01 Å². The molecule has 0 saturated heterocycles. The summed E-state index contributed by atoms with van der Waals surface area (Å²) in [5, 5.41) is 4.97. The summed E-state index contributed by atoms with van der Waals surface area (Å²) in [6, 6.07) is -3.27. The maximum atomic E-state index is 12.3. The van der Waals surface area contributed by atoms with Crippen molar-refractivity contribution < 1.29 is 18.5 Å². The third-order valence-corrected chi connectivity index (χ3v) is 2.29. The highest BCUT2D eigenvalue weighted by atomic mass is 16.6. The fourth-order valence-electron chi connectivity index (χ4n) is 1.49. The van der Waals surface area contributed by atoms with Crippen LogP contribution in [0.5, 0.6) is 0 Å². The van der Waals surface area contributed by atoms with Crippen molar-refractivity contribution in [3.63, 3.8) is 0 Å². The highest BCUT2D eigenvalue weighted by Gasteiger charge is 2.33. The summed E-state index contributed by atoms with van der Waals surface area (Å²) in [6.45, 7) is 4.77. The van der Waals surface area contributed by atoms with Crippen LogP contribution in [0.25, 0.3) is 0 Å². The molecule has 0 aliphatic carbocycles. The molecule has 0 fully saturated rings. The van der Waals surface area contributed by atoms with Crippen LogP contribution in [0.1, 0.15) is 23.5 Å². The Kier molecular flexibility index (Phi) is 2.70. The van der Waals surface area contributed by atoms with Gasteiger partial charge in [-0.1, -0.05) is 0 Å². The number of anilines is 1. The van der Waals surface area contributed by atoms with Crippen LogP contribution in [0.15, 0.2) is 24.6 Å². The summed E-state index contributed by atoms with van der Waals surface area (Å²) in [5.74, 6) is -2.33. The molecule has 1 aromatic rings. The summed E-state index contributed by atoms with van der Waals surface area (Å²) in [5.41, 5.74) is -0.215. The molecular weight excluding hydrogens is 260 g/mol. The molecule has 1 atom stereocenters. The average Bonchev–Trinajstić information content (AvgIpc) is 2.85. The van der Waals surface area contributed by atoms with Gasteiger partial charge in [0.15, 0.2) is 11.8 Å². The summed E-state index contributed by atoms with van der Waals surface area (Å²) >= 11 is 0. The zero-order valence-corrected chi connectivity index (χ0v) is 11.7. The van der Waals surface area contributed by atoms with Crippen molar-refractivity contribution in [1.82, 2.24) is 15.2 Å². The zero-order valence-electron chi connectivity index (χ0n) is 14.7. The van der Waals surface area contributed by atoms with Crippen molar-refractivity contribution >= 4 is 17.4 Å². The Morgan fingerprint density at radius 1 is 1.65 bits per heavy atom. The van der Waals surface area contributed by atoms with Crippen molar-refractivity contribution in [2.45, 2.75) is 32.4 Å². The number of nitrogens with zero attached hydrogens (tertiary/aromatic N) is 3. The summed E-state index contributed by atoms with van der Waals surface area (Å²) in [7, 11) is 1.65. The van der Waals surface area contributed by atoms with Crippen molar-refractivity contribution in [2.24, 2.45) is 7.05 Å². The maximum Gasteiger partial charge on any atom is 0.333 e. The molecule has 1 N–H and O–H groups in total. The number of carbonyl (C=O) groups is 2. The number of rotatable bonds is 2. The van der Waals surface area contributed by atoms with Crippen LogP contribution in [0.4, 0.5) is 5.69 Å². The predicted octanol–water partition coefficient (Wildman–Crippen LogP) is 0.538. The summed E-state index contributed by atoms with van der Waals surface area (Å²) in [4.78, 5) is 24.5. The SMILES string of the molecule is [2H]C1=CN(c2cnn(C)c2)N([2H])C([2H])(C(=O)OC(C)(C)C)C1=O. The molecule has 2 rings (SSSR count). The van der Waals surface area contributed by atoms with Crippen molar-refractivity contribution in [1.29, 1.82) is 0 Å². The Balaban J connectivity index is 2.45. The van der Waals surface area contributed by atoms with E-state index in [0.29, 0.717) is 11.1 Å². The third-order valence-electron chi connectivity index (χ3n) is 2.29. The summed E-state index contributed by atoms with van der Waals surface area (Å²) < 4.78 is 30.6. The van der Waals surface area contributed by atoms with E-state index in [4.69, 9.17) is 8.89 Å². The van der Waals surface area contributed by atoms with Crippen molar-refractivity contribution in [3.8, 4) is 0 Å². The molecule has 0 radical (unpaired) electrons. The molecule has 1 aromatic heterocycles. The monoisotopic (exact) mass is 281 g/mol. The second-order valence-electron chi connectivity index (χ2n) is 5.27. The molecule has 0 amide bonds. The predicted molar refractivity (Wildman–Crippen MR) is 72.6 cm³/mol. The number of hydrogen-bond acceptors (Lipinski definition) is 6. The van der Waals surface area contributed by atoms with E-state index in [1.165, 1.54) is 17.1 Å². The molecule has 108 valence electrons. The van der Waals surface area contributed by atoms with E-state index in [2.05, 4.69) is 5.10 Å². The largest absolute Gasteiger partial charge is 0.458 e. The first-order valence-electron chi connectivity index (χ1n) is 7.45. The van der Waals surface area contributed by atoms with Gasteiger partial charge in [0.2, 0.25) is 0 Å². The lowest BCUT2D eigenvalue weighted by Crippen LogP contribution is -2.54. The Morgan fingerprint density at radius 2 is 2.35 bits per heavy atom. The number of ketones is 1. The van der Waals surface area contributed by atoms with Crippen LogP contribution in [0.2, 0.25) is 1.41 Å². The van der Waals surface area contributed by atoms with E-state index in [1.54, 1.807) is 27.8 Å². The van der Waals surface area contributed by atoms with Crippen molar-refractivity contribution in [3.05, 3.63) is 24.6 Å². The highest BCUT2D eigenvalue weighted by molar-refractivity contribution is 6.09. The topological polar surface area (TPSA) is 76.5 Å². The van der Waals surface area contributed by atoms with E-state index < -0.39 is 29.4 Å². The fraction of sp³-hybridized carbons (Fsp3) is 0.462. The van der Waals surface area contributed by atoms with Crippen LogP contribution < -0.4 is 10.4 Å². The molecule has 0 aromatic carbocycles. The molecule has 7 nitrogen and oxygen atoms in total. The van der Waals surface area contributed by atoms with Gasteiger partial charge in [-0.3, -0.25) is 14.5 Å². The van der Waals surface area contributed by atoms with Crippen LogP contribution in [0, 0.1) is 0 Å². The maximum absolute atomic E-state index is 12.3.